The molecule has 0 aliphatic carbocycles. The molecule has 4 aromatic rings. The predicted octanol–water partition coefficient (Wildman–Crippen LogP) is 5.62. The van der Waals surface area contributed by atoms with E-state index in [1.165, 1.54) is 0 Å². The molecule has 8 nitrogen and oxygen atoms in total. The number of fused-ring (bicyclic) bond motifs is 1. The van der Waals surface area contributed by atoms with Gasteiger partial charge in [0.05, 0.1) is 17.8 Å². The standard InChI is InChI=1S/C25H27BrN6O2/c1-25(2,3)34-24(33)30-9-7-21(8-10-30)32-16-19(15-29-32)18-13-27-23(28-14-18)31-11-6-17-4-5-20(26)12-22(17)31/h4-6,11-16,21H,7-10H2,1-3H3. The maximum atomic E-state index is 12.3. The second-order valence-corrected chi connectivity index (χ2v) is 10.5. The number of carbonyl (C=O) groups excluding carboxylic acids is 1. The Morgan fingerprint density at radius 3 is 2.50 bits per heavy atom. The Balaban J connectivity index is 1.26. The summed E-state index contributed by atoms with van der Waals surface area (Å²) in [4.78, 5) is 23.3. The summed E-state index contributed by atoms with van der Waals surface area (Å²) < 4.78 is 10.5. The van der Waals surface area contributed by atoms with Crippen LogP contribution in [0, 0.1) is 0 Å². The molecule has 5 rings (SSSR count). The molecule has 0 radical (unpaired) electrons. The van der Waals surface area contributed by atoms with E-state index in [-0.39, 0.29) is 12.1 Å². The average molecular weight is 523 g/mol. The monoisotopic (exact) mass is 522 g/mol. The van der Waals surface area contributed by atoms with Gasteiger partial charge in [-0.3, -0.25) is 9.25 Å². The lowest BCUT2D eigenvalue weighted by molar-refractivity contribution is 0.0185. The quantitative estimate of drug-likeness (QED) is 0.349. The summed E-state index contributed by atoms with van der Waals surface area (Å²) in [6.07, 6.45) is 11.0. The molecule has 1 fully saturated rings. The number of hydrogen-bond acceptors (Lipinski definition) is 5. The lowest BCUT2D eigenvalue weighted by Gasteiger charge is -2.33. The van der Waals surface area contributed by atoms with E-state index in [4.69, 9.17) is 4.74 Å². The van der Waals surface area contributed by atoms with Crippen LogP contribution in [0.2, 0.25) is 0 Å². The van der Waals surface area contributed by atoms with Crippen molar-refractivity contribution in [3.8, 4) is 17.1 Å². The van der Waals surface area contributed by atoms with Crippen molar-refractivity contribution in [2.75, 3.05) is 13.1 Å². The molecule has 0 N–H and O–H groups in total. The molecular formula is C25H27BrN6O2. The van der Waals surface area contributed by atoms with Crippen molar-refractivity contribution in [1.82, 2.24) is 29.2 Å². The van der Waals surface area contributed by atoms with Gasteiger partial charge in [0, 0.05) is 58.9 Å². The molecule has 3 aromatic heterocycles. The Morgan fingerprint density at radius 1 is 1.06 bits per heavy atom. The maximum Gasteiger partial charge on any atom is 0.410 e. The Labute approximate surface area is 206 Å². The molecule has 176 valence electrons. The molecule has 9 heteroatoms. The minimum Gasteiger partial charge on any atom is -0.444 e. The van der Waals surface area contributed by atoms with Crippen LogP contribution in [0.25, 0.3) is 28.0 Å². The number of aromatic nitrogens is 5. The van der Waals surface area contributed by atoms with Crippen molar-refractivity contribution in [2.45, 2.75) is 45.3 Å². The van der Waals surface area contributed by atoms with Crippen LogP contribution in [0.15, 0.2) is 59.7 Å². The van der Waals surface area contributed by atoms with Gasteiger partial charge in [-0.05, 0) is 51.8 Å². The first-order valence-corrected chi connectivity index (χ1v) is 12.2. The fourth-order valence-corrected chi connectivity index (χ4v) is 4.55. The topological polar surface area (TPSA) is 78.1 Å². The molecule has 1 aliphatic heterocycles. The van der Waals surface area contributed by atoms with Crippen LogP contribution in [0.1, 0.15) is 39.7 Å². The normalized spacial score (nSPS) is 15.1. The first-order valence-electron chi connectivity index (χ1n) is 11.4. The van der Waals surface area contributed by atoms with E-state index < -0.39 is 5.60 Å². The largest absolute Gasteiger partial charge is 0.444 e. The Morgan fingerprint density at radius 2 is 1.79 bits per heavy atom. The van der Waals surface area contributed by atoms with Crippen molar-refractivity contribution in [3.05, 3.63) is 59.7 Å². The fourth-order valence-electron chi connectivity index (χ4n) is 4.20. The zero-order valence-corrected chi connectivity index (χ0v) is 21.1. The summed E-state index contributed by atoms with van der Waals surface area (Å²) in [5.41, 5.74) is 2.46. The smallest absolute Gasteiger partial charge is 0.410 e. The highest BCUT2D eigenvalue weighted by molar-refractivity contribution is 9.10. The van der Waals surface area contributed by atoms with Gasteiger partial charge in [-0.2, -0.15) is 5.10 Å². The van der Waals surface area contributed by atoms with Gasteiger partial charge < -0.3 is 9.64 Å². The molecule has 0 saturated carbocycles. The molecule has 1 aliphatic rings. The zero-order valence-electron chi connectivity index (χ0n) is 19.5. The maximum absolute atomic E-state index is 12.3. The Bertz CT molecular complexity index is 1310. The highest BCUT2D eigenvalue weighted by Crippen LogP contribution is 2.27. The number of hydrogen-bond donors (Lipinski definition) is 0. The first kappa shape index (κ1) is 22.6. The number of piperidine rings is 1. The molecule has 1 amide bonds. The van der Waals surface area contributed by atoms with Crippen LogP contribution in [0.3, 0.4) is 0 Å². The second-order valence-electron chi connectivity index (χ2n) is 9.57. The van der Waals surface area contributed by atoms with Crippen LogP contribution in [-0.2, 0) is 4.74 Å². The molecule has 0 atom stereocenters. The van der Waals surface area contributed by atoms with Gasteiger partial charge in [0.2, 0.25) is 5.95 Å². The van der Waals surface area contributed by atoms with Crippen LogP contribution < -0.4 is 0 Å². The van der Waals surface area contributed by atoms with Crippen LogP contribution in [-0.4, -0.2) is 54.0 Å². The lowest BCUT2D eigenvalue weighted by atomic mass is 10.1. The summed E-state index contributed by atoms with van der Waals surface area (Å²) in [6, 6.07) is 8.45. The minimum atomic E-state index is -0.478. The minimum absolute atomic E-state index is 0.243. The van der Waals surface area contributed by atoms with E-state index in [0.29, 0.717) is 19.0 Å². The fraction of sp³-hybridized carbons (Fsp3) is 0.360. The second kappa shape index (κ2) is 8.87. The summed E-state index contributed by atoms with van der Waals surface area (Å²) in [7, 11) is 0. The average Bonchev–Trinajstić information content (AvgIpc) is 3.46. The van der Waals surface area contributed by atoms with Gasteiger partial charge in [-0.15, -0.1) is 0 Å². The first-order chi connectivity index (χ1) is 16.3. The predicted molar refractivity (Wildman–Crippen MR) is 134 cm³/mol. The van der Waals surface area contributed by atoms with E-state index in [9.17, 15) is 4.79 Å². The van der Waals surface area contributed by atoms with Gasteiger partial charge in [0.25, 0.3) is 0 Å². The zero-order chi connectivity index (χ0) is 23.9. The highest BCUT2D eigenvalue weighted by atomic mass is 79.9. The van der Waals surface area contributed by atoms with Crippen molar-refractivity contribution in [2.24, 2.45) is 0 Å². The number of ether oxygens (including phenoxy) is 1. The van der Waals surface area contributed by atoms with Crippen molar-refractivity contribution in [3.63, 3.8) is 0 Å². The summed E-state index contributed by atoms with van der Waals surface area (Å²) in [5, 5.41) is 5.72. The number of rotatable bonds is 3. The summed E-state index contributed by atoms with van der Waals surface area (Å²) in [5.74, 6) is 0.624. The van der Waals surface area contributed by atoms with Gasteiger partial charge >= 0.3 is 6.09 Å². The van der Waals surface area contributed by atoms with Crippen molar-refractivity contribution >= 4 is 32.9 Å². The number of amides is 1. The lowest BCUT2D eigenvalue weighted by Crippen LogP contribution is -2.42. The van der Waals surface area contributed by atoms with Crippen molar-refractivity contribution < 1.29 is 9.53 Å². The summed E-state index contributed by atoms with van der Waals surface area (Å²) >= 11 is 3.53. The SMILES string of the molecule is CC(C)(C)OC(=O)N1CCC(n2cc(-c3cnc(-n4ccc5ccc(Br)cc54)nc3)cn2)CC1. The van der Waals surface area contributed by atoms with E-state index in [2.05, 4.69) is 49.2 Å². The molecule has 0 spiro atoms. The molecule has 34 heavy (non-hydrogen) atoms. The van der Waals surface area contributed by atoms with E-state index >= 15 is 0 Å². The molecule has 1 aromatic carbocycles. The van der Waals surface area contributed by atoms with Gasteiger partial charge in [-0.1, -0.05) is 22.0 Å². The molecule has 4 heterocycles. The van der Waals surface area contributed by atoms with E-state index in [0.717, 1.165) is 39.3 Å². The van der Waals surface area contributed by atoms with Gasteiger partial charge in [0.15, 0.2) is 0 Å². The molecular weight excluding hydrogens is 496 g/mol. The number of benzene rings is 1. The third-order valence-electron chi connectivity index (χ3n) is 5.93. The van der Waals surface area contributed by atoms with Gasteiger partial charge in [0.1, 0.15) is 5.60 Å². The number of likely N-dealkylation sites (tertiary alicyclic amines) is 1. The Hall–Kier alpha value is -3.20. The Kier molecular flexibility index (Phi) is 5.89. The van der Waals surface area contributed by atoms with Crippen LogP contribution in [0.5, 0.6) is 0 Å². The highest BCUT2D eigenvalue weighted by Gasteiger charge is 2.28. The number of nitrogens with zero attached hydrogens (tertiary/aromatic N) is 6. The third-order valence-corrected chi connectivity index (χ3v) is 6.43. The molecule has 1 saturated heterocycles. The van der Waals surface area contributed by atoms with Crippen molar-refractivity contribution in [1.29, 1.82) is 0 Å². The van der Waals surface area contributed by atoms with E-state index in [1.54, 1.807) is 4.90 Å². The van der Waals surface area contributed by atoms with Gasteiger partial charge in [-0.25, -0.2) is 14.8 Å². The number of carbonyl (C=O) groups is 1. The number of halogens is 1. The summed E-state index contributed by atoms with van der Waals surface area (Å²) in [6.45, 7) is 6.98. The third kappa shape index (κ3) is 4.70. The van der Waals surface area contributed by atoms with Crippen LogP contribution >= 0.6 is 15.9 Å². The van der Waals surface area contributed by atoms with Crippen LogP contribution in [0.4, 0.5) is 4.79 Å². The molecule has 0 unspecified atom stereocenters. The molecule has 0 bridgehead atoms. The van der Waals surface area contributed by atoms with E-state index in [1.807, 2.05) is 67.1 Å².